The van der Waals surface area contributed by atoms with E-state index in [0.29, 0.717) is 0 Å². The lowest BCUT2D eigenvalue weighted by atomic mass is 9.90. The van der Waals surface area contributed by atoms with Gasteiger partial charge in [-0.05, 0) is 92.1 Å². The van der Waals surface area contributed by atoms with E-state index in [0.717, 1.165) is 50.5 Å². The highest BCUT2D eigenvalue weighted by Crippen LogP contribution is 2.34. The smallest absolute Gasteiger partial charge is 0.0872 e. The zero-order valence-electron chi connectivity index (χ0n) is 17.7. The van der Waals surface area contributed by atoms with Crippen molar-refractivity contribution in [2.45, 2.75) is 20.8 Å². The summed E-state index contributed by atoms with van der Waals surface area (Å²) in [4.78, 5) is 17.0. The predicted octanol–water partition coefficient (Wildman–Crippen LogP) is 4.00. The van der Waals surface area contributed by atoms with Crippen molar-refractivity contribution in [2.24, 2.45) is 9.98 Å². The maximum Gasteiger partial charge on any atom is 0.0872 e. The summed E-state index contributed by atoms with van der Waals surface area (Å²) in [7, 11) is 0. The molecule has 6 rings (SSSR count). The van der Waals surface area contributed by atoms with Crippen LogP contribution in [-0.4, -0.2) is 21.4 Å². The van der Waals surface area contributed by atoms with Crippen molar-refractivity contribution in [3.8, 4) is 0 Å². The van der Waals surface area contributed by atoms with Crippen LogP contribution in [0.3, 0.4) is 0 Å². The maximum absolute atomic E-state index is 5.03. The van der Waals surface area contributed by atoms with Crippen LogP contribution in [-0.2, 0) is 0 Å². The van der Waals surface area contributed by atoms with Gasteiger partial charge in [-0.1, -0.05) is 17.7 Å². The third-order valence-corrected chi connectivity index (χ3v) is 6.00. The minimum atomic E-state index is 0.936. The number of hydrogen-bond donors (Lipinski definition) is 2. The largest absolute Gasteiger partial charge is 0.354 e. The molecule has 8 bridgehead atoms. The lowest BCUT2D eigenvalue weighted by Gasteiger charge is -2.16. The molecule has 3 aliphatic rings. The fourth-order valence-corrected chi connectivity index (χ4v) is 4.72. The Bertz CT molecular complexity index is 1520. The molecule has 0 saturated heterocycles. The molecule has 0 atom stereocenters. The highest BCUT2D eigenvalue weighted by atomic mass is 14.9. The van der Waals surface area contributed by atoms with Gasteiger partial charge in [-0.3, -0.25) is 0 Å². The van der Waals surface area contributed by atoms with E-state index in [-0.39, 0.29) is 0 Å². The van der Waals surface area contributed by atoms with E-state index < -0.39 is 0 Å². The van der Waals surface area contributed by atoms with Crippen molar-refractivity contribution in [1.82, 2.24) is 9.97 Å². The van der Waals surface area contributed by atoms with Crippen molar-refractivity contribution in [3.05, 3.63) is 111 Å². The zero-order chi connectivity index (χ0) is 21.1. The lowest BCUT2D eigenvalue weighted by Crippen LogP contribution is -2.11. The Labute approximate surface area is 180 Å². The predicted molar refractivity (Wildman–Crippen MR) is 128 cm³/mol. The summed E-state index contributed by atoms with van der Waals surface area (Å²) in [6.45, 7) is 6.49. The van der Waals surface area contributed by atoms with Gasteiger partial charge in [0.15, 0.2) is 0 Å². The topological polar surface area (TPSA) is 56.3 Å². The van der Waals surface area contributed by atoms with Crippen molar-refractivity contribution in [2.75, 3.05) is 0 Å². The number of aliphatic imine (C=N–C) groups is 2. The normalized spacial score (nSPS) is 16.4. The first-order valence-corrected chi connectivity index (χ1v) is 10.5. The number of aromatic nitrogens is 2. The van der Waals surface area contributed by atoms with E-state index in [1.807, 2.05) is 0 Å². The second kappa shape index (κ2) is 6.54. The van der Waals surface area contributed by atoms with Crippen LogP contribution < -0.4 is 10.7 Å². The van der Waals surface area contributed by atoms with Crippen LogP contribution in [0, 0.1) is 20.8 Å². The monoisotopic (exact) mass is 402 g/mol. The Morgan fingerprint density at radius 3 is 2.29 bits per heavy atom. The molecule has 0 radical (unpaired) electrons. The highest BCUT2D eigenvalue weighted by molar-refractivity contribution is 6.34. The molecule has 4 nitrogen and oxygen atoms in total. The second-order valence-corrected chi connectivity index (χ2v) is 8.38. The molecule has 0 amide bonds. The molecule has 0 aliphatic carbocycles. The number of rotatable bonds is 1. The fraction of sp³-hybridized carbons (Fsp3) is 0.111. The zero-order valence-corrected chi connectivity index (χ0v) is 17.7. The van der Waals surface area contributed by atoms with Crippen LogP contribution in [0.5, 0.6) is 0 Å². The molecule has 1 aromatic carbocycles. The molecule has 0 unspecified atom stereocenters. The number of hydrogen-bond acceptors (Lipinski definition) is 2. The summed E-state index contributed by atoms with van der Waals surface area (Å²) in [5.74, 6) is 0. The maximum atomic E-state index is 5.03. The first kappa shape index (κ1) is 17.9. The third kappa shape index (κ3) is 2.91. The highest BCUT2D eigenvalue weighted by Gasteiger charge is 2.22. The van der Waals surface area contributed by atoms with Gasteiger partial charge in [0.05, 0.1) is 33.9 Å². The number of aryl methyl sites for hydroxylation is 3. The van der Waals surface area contributed by atoms with Crippen molar-refractivity contribution in [1.29, 1.82) is 0 Å². The fourth-order valence-electron chi connectivity index (χ4n) is 4.72. The number of benzene rings is 1. The first-order valence-electron chi connectivity index (χ1n) is 10.5. The Morgan fingerprint density at radius 1 is 0.710 bits per heavy atom. The second-order valence-electron chi connectivity index (χ2n) is 8.38. The lowest BCUT2D eigenvalue weighted by molar-refractivity contribution is 1.24. The number of nitrogens with zero attached hydrogens (tertiary/aromatic N) is 2. The van der Waals surface area contributed by atoms with E-state index in [4.69, 9.17) is 9.98 Å². The van der Waals surface area contributed by atoms with Gasteiger partial charge >= 0.3 is 0 Å². The summed E-state index contributed by atoms with van der Waals surface area (Å²) in [6, 6.07) is 12.8. The number of fused-ring (bicyclic) bond motifs is 7. The molecular formula is C27H22N4. The van der Waals surface area contributed by atoms with E-state index in [1.165, 1.54) is 22.3 Å². The summed E-state index contributed by atoms with van der Waals surface area (Å²) in [5, 5.41) is 2.05. The Kier molecular flexibility index (Phi) is 3.78. The minimum Gasteiger partial charge on any atom is -0.354 e. The van der Waals surface area contributed by atoms with Gasteiger partial charge in [-0.25, -0.2) is 9.98 Å². The number of allylic oxidation sites excluding steroid dienone is 4. The van der Waals surface area contributed by atoms with Gasteiger partial charge in [-0.2, -0.15) is 0 Å². The van der Waals surface area contributed by atoms with Crippen LogP contribution in [0.4, 0.5) is 0 Å². The summed E-state index contributed by atoms with van der Waals surface area (Å²) < 4.78 is 0. The van der Waals surface area contributed by atoms with E-state index in [1.54, 1.807) is 0 Å². The molecule has 3 aliphatic heterocycles. The van der Waals surface area contributed by atoms with Crippen LogP contribution in [0.1, 0.15) is 33.6 Å². The molecule has 2 N–H and O–H groups in total. The molecule has 0 fully saturated rings. The molecule has 4 heteroatoms. The molecule has 31 heavy (non-hydrogen) atoms. The summed E-state index contributed by atoms with van der Waals surface area (Å²) in [6.07, 6.45) is 10.5. The van der Waals surface area contributed by atoms with Gasteiger partial charge in [0.25, 0.3) is 0 Å². The Hall–Kier alpha value is -3.92. The molecule has 0 saturated carbocycles. The van der Waals surface area contributed by atoms with E-state index in [9.17, 15) is 0 Å². The molecule has 150 valence electrons. The average molecular weight is 403 g/mol. The van der Waals surface area contributed by atoms with E-state index in [2.05, 4.69) is 97.5 Å². The van der Waals surface area contributed by atoms with Gasteiger partial charge in [0, 0.05) is 16.6 Å². The van der Waals surface area contributed by atoms with Gasteiger partial charge in [-0.15, -0.1) is 0 Å². The van der Waals surface area contributed by atoms with Crippen LogP contribution >= 0.6 is 0 Å². The van der Waals surface area contributed by atoms with Crippen molar-refractivity contribution < 1.29 is 0 Å². The summed E-state index contributed by atoms with van der Waals surface area (Å²) >= 11 is 0. The molecule has 5 heterocycles. The van der Waals surface area contributed by atoms with E-state index >= 15 is 0 Å². The van der Waals surface area contributed by atoms with Gasteiger partial charge < -0.3 is 9.97 Å². The first-order chi connectivity index (χ1) is 15.0. The molecule has 0 spiro atoms. The number of H-pyrrole nitrogens is 2. The summed E-state index contributed by atoms with van der Waals surface area (Å²) in [5.41, 5.74) is 11.8. The van der Waals surface area contributed by atoms with Gasteiger partial charge in [0.2, 0.25) is 0 Å². The molecule has 3 aromatic rings. The average Bonchev–Trinajstić information content (AvgIpc) is 3.49. The Balaban J connectivity index is 1.71. The Morgan fingerprint density at radius 2 is 1.45 bits per heavy atom. The number of aromatic amines is 2. The number of nitrogens with one attached hydrogen (secondary N) is 2. The van der Waals surface area contributed by atoms with Crippen molar-refractivity contribution in [3.63, 3.8) is 0 Å². The van der Waals surface area contributed by atoms with Gasteiger partial charge in [0.1, 0.15) is 0 Å². The van der Waals surface area contributed by atoms with Crippen LogP contribution in [0.15, 0.2) is 76.4 Å². The standard InChI is InChI=1S/C27H22N4/c1-15-12-16(2)26(17(3)13-15)27-24-10-8-22(30-24)20-6-4-18(28-20)14-19-5-7-21(29-19)23-9-11-25(27)31-23/h4-14,28-29H,1-3H3. The molecule has 2 aromatic heterocycles. The van der Waals surface area contributed by atoms with Crippen LogP contribution in [0.2, 0.25) is 0 Å². The quantitative estimate of drug-likeness (QED) is 0.618. The third-order valence-electron chi connectivity index (χ3n) is 6.00. The molecular weight excluding hydrogens is 380 g/mol. The van der Waals surface area contributed by atoms with Crippen molar-refractivity contribution >= 4 is 28.8 Å². The minimum absolute atomic E-state index is 0.936. The SMILES string of the molecule is Cc1cc(C)c(C2=C3C=CC(=N3)c3ccc([nH]3)C=c3ccc([nH]3)=C3C=CC2=N3)c(C)c1. The van der Waals surface area contributed by atoms with Crippen LogP contribution in [0.25, 0.3) is 17.3 Å².